The Hall–Kier alpha value is -3.42. The molecule has 2 aromatic heterocycles. The Kier molecular flexibility index (Phi) is 5.41. The molecule has 1 unspecified atom stereocenters. The fourth-order valence-electron chi connectivity index (χ4n) is 3.61. The Bertz CT molecular complexity index is 975. The first kappa shape index (κ1) is 18.9. The Balaban J connectivity index is 1.56. The van der Waals surface area contributed by atoms with Gasteiger partial charge in [-0.15, -0.1) is 0 Å². The smallest absolute Gasteiger partial charge is 0.256 e. The lowest BCUT2D eigenvalue weighted by Crippen LogP contribution is -2.40. The first-order chi connectivity index (χ1) is 14.2. The summed E-state index contributed by atoms with van der Waals surface area (Å²) in [5, 5.41) is 8.37. The van der Waals surface area contributed by atoms with Gasteiger partial charge in [-0.2, -0.15) is 15.0 Å². The van der Waals surface area contributed by atoms with Crippen molar-refractivity contribution < 1.29 is 9.53 Å². The molecule has 0 N–H and O–H groups in total. The number of anilines is 1. The van der Waals surface area contributed by atoms with Gasteiger partial charge in [-0.3, -0.25) is 4.79 Å². The van der Waals surface area contributed by atoms with Gasteiger partial charge < -0.3 is 14.5 Å². The van der Waals surface area contributed by atoms with Gasteiger partial charge in [0.1, 0.15) is 11.6 Å². The van der Waals surface area contributed by atoms with Crippen LogP contribution in [0.5, 0.6) is 5.75 Å². The maximum Gasteiger partial charge on any atom is 0.256 e. The van der Waals surface area contributed by atoms with E-state index in [1.807, 2.05) is 41.3 Å². The Labute approximate surface area is 169 Å². The number of carbonyl (C=O) groups excluding carboxylic acids is 1. The summed E-state index contributed by atoms with van der Waals surface area (Å²) in [4.78, 5) is 23.5. The number of ether oxygens (including phenoxy) is 1. The van der Waals surface area contributed by atoms with E-state index >= 15 is 0 Å². The average Bonchev–Trinajstić information content (AvgIpc) is 3.23. The molecule has 3 aromatic rings. The van der Waals surface area contributed by atoms with Crippen LogP contribution in [-0.2, 0) is 0 Å². The van der Waals surface area contributed by atoms with Crippen LogP contribution in [0.2, 0.25) is 0 Å². The maximum absolute atomic E-state index is 13.4. The largest absolute Gasteiger partial charge is 0.497 e. The van der Waals surface area contributed by atoms with Gasteiger partial charge in [-0.1, -0.05) is 12.1 Å². The SMILES string of the molecule is COc1ccnc(N2CCC(C)N(C(=O)c3ccccc3-n3nccn3)CC2)c1. The predicted molar refractivity (Wildman–Crippen MR) is 109 cm³/mol. The van der Waals surface area contributed by atoms with Crippen molar-refractivity contribution >= 4 is 11.7 Å². The van der Waals surface area contributed by atoms with Gasteiger partial charge in [-0.05, 0) is 31.5 Å². The highest BCUT2D eigenvalue weighted by Gasteiger charge is 2.28. The number of hydrogen-bond donors (Lipinski definition) is 0. The first-order valence-corrected chi connectivity index (χ1v) is 9.69. The summed E-state index contributed by atoms with van der Waals surface area (Å²) in [7, 11) is 1.65. The molecule has 1 aromatic carbocycles. The minimum atomic E-state index is -0.00847. The van der Waals surface area contributed by atoms with Gasteiger partial charge in [0.2, 0.25) is 0 Å². The number of hydrogen-bond acceptors (Lipinski definition) is 6. The molecule has 1 atom stereocenters. The van der Waals surface area contributed by atoms with Crippen LogP contribution in [0.4, 0.5) is 5.82 Å². The van der Waals surface area contributed by atoms with Crippen LogP contribution < -0.4 is 9.64 Å². The van der Waals surface area contributed by atoms with E-state index in [2.05, 4.69) is 27.0 Å². The maximum atomic E-state index is 13.4. The van der Waals surface area contributed by atoms with Crippen molar-refractivity contribution in [1.82, 2.24) is 24.9 Å². The van der Waals surface area contributed by atoms with Gasteiger partial charge >= 0.3 is 0 Å². The van der Waals surface area contributed by atoms with Crippen molar-refractivity contribution in [3.8, 4) is 11.4 Å². The van der Waals surface area contributed by atoms with Crippen LogP contribution in [-0.4, -0.2) is 63.6 Å². The lowest BCUT2D eigenvalue weighted by molar-refractivity contribution is 0.0705. The lowest BCUT2D eigenvalue weighted by atomic mass is 10.1. The summed E-state index contributed by atoms with van der Waals surface area (Å²) >= 11 is 0. The molecule has 0 aliphatic carbocycles. The van der Waals surface area contributed by atoms with Crippen LogP contribution in [0.3, 0.4) is 0 Å². The van der Waals surface area contributed by atoms with E-state index in [1.54, 1.807) is 25.7 Å². The molecule has 29 heavy (non-hydrogen) atoms. The standard InChI is InChI=1S/C21H24N6O2/c1-16-8-12-25(20-15-17(29-2)7-9-22-20)13-14-26(16)21(28)18-5-3-4-6-19(18)27-23-10-11-24-27/h3-7,9-11,15-16H,8,12-14H2,1-2H3. The van der Waals surface area contributed by atoms with Gasteiger partial charge in [-0.25, -0.2) is 4.98 Å². The van der Waals surface area contributed by atoms with E-state index in [9.17, 15) is 4.79 Å². The first-order valence-electron chi connectivity index (χ1n) is 9.69. The second kappa shape index (κ2) is 8.30. The molecule has 0 radical (unpaired) electrons. The summed E-state index contributed by atoms with van der Waals surface area (Å²) in [6, 6.07) is 11.3. The number of pyridine rings is 1. The third kappa shape index (κ3) is 3.91. The fraction of sp³-hybridized carbons (Fsp3) is 0.333. The summed E-state index contributed by atoms with van der Waals surface area (Å²) in [6.07, 6.45) is 5.81. The zero-order valence-electron chi connectivity index (χ0n) is 16.6. The van der Waals surface area contributed by atoms with Gasteiger partial charge in [0.05, 0.1) is 30.8 Å². The van der Waals surface area contributed by atoms with E-state index in [4.69, 9.17) is 4.74 Å². The normalized spacial score (nSPS) is 17.1. The van der Waals surface area contributed by atoms with Gasteiger partial charge in [0.15, 0.2) is 0 Å². The van der Waals surface area contributed by atoms with Gasteiger partial charge in [0, 0.05) is 37.9 Å². The molecule has 1 amide bonds. The van der Waals surface area contributed by atoms with E-state index in [0.717, 1.165) is 24.5 Å². The van der Waals surface area contributed by atoms with Crippen LogP contribution in [0.25, 0.3) is 5.69 Å². The summed E-state index contributed by atoms with van der Waals surface area (Å²) in [5.41, 5.74) is 1.29. The van der Waals surface area contributed by atoms with Crippen LogP contribution in [0.1, 0.15) is 23.7 Å². The number of aromatic nitrogens is 4. The van der Waals surface area contributed by atoms with Crippen molar-refractivity contribution in [1.29, 1.82) is 0 Å². The fourth-order valence-corrected chi connectivity index (χ4v) is 3.61. The van der Waals surface area contributed by atoms with Crippen molar-refractivity contribution in [2.24, 2.45) is 0 Å². The zero-order chi connectivity index (χ0) is 20.2. The number of para-hydroxylation sites is 1. The van der Waals surface area contributed by atoms with Crippen molar-refractivity contribution in [3.63, 3.8) is 0 Å². The van der Waals surface area contributed by atoms with E-state index < -0.39 is 0 Å². The average molecular weight is 392 g/mol. The predicted octanol–water partition coefficient (Wildman–Crippen LogP) is 2.41. The summed E-state index contributed by atoms with van der Waals surface area (Å²) in [6.45, 7) is 4.24. The molecule has 1 aliphatic rings. The number of amides is 1. The van der Waals surface area contributed by atoms with Crippen molar-refractivity contribution in [2.45, 2.75) is 19.4 Å². The Morgan fingerprint density at radius 2 is 1.86 bits per heavy atom. The highest BCUT2D eigenvalue weighted by Crippen LogP contribution is 2.23. The number of carbonyl (C=O) groups is 1. The minimum absolute atomic E-state index is 0.00847. The monoisotopic (exact) mass is 392 g/mol. The van der Waals surface area contributed by atoms with Crippen molar-refractivity contribution in [2.75, 3.05) is 31.6 Å². The molecule has 8 heteroatoms. The third-order valence-corrected chi connectivity index (χ3v) is 5.27. The molecule has 1 fully saturated rings. The molecule has 1 aliphatic heterocycles. The highest BCUT2D eigenvalue weighted by atomic mass is 16.5. The number of rotatable bonds is 4. The Morgan fingerprint density at radius 3 is 2.66 bits per heavy atom. The number of nitrogens with zero attached hydrogens (tertiary/aromatic N) is 6. The zero-order valence-corrected chi connectivity index (χ0v) is 16.6. The second-order valence-electron chi connectivity index (χ2n) is 7.01. The topological polar surface area (TPSA) is 76.4 Å². The molecule has 150 valence electrons. The minimum Gasteiger partial charge on any atom is -0.497 e. The van der Waals surface area contributed by atoms with E-state index in [1.165, 1.54) is 4.80 Å². The Morgan fingerprint density at radius 1 is 1.07 bits per heavy atom. The summed E-state index contributed by atoms with van der Waals surface area (Å²) in [5.74, 6) is 1.64. The molecule has 0 bridgehead atoms. The molecular weight excluding hydrogens is 368 g/mol. The number of benzene rings is 1. The molecule has 1 saturated heterocycles. The van der Waals surface area contributed by atoms with Crippen molar-refractivity contribution in [3.05, 3.63) is 60.6 Å². The van der Waals surface area contributed by atoms with Crippen LogP contribution >= 0.6 is 0 Å². The third-order valence-electron chi connectivity index (χ3n) is 5.27. The van der Waals surface area contributed by atoms with E-state index in [-0.39, 0.29) is 11.9 Å². The molecule has 0 saturated carbocycles. The second-order valence-corrected chi connectivity index (χ2v) is 7.01. The highest BCUT2D eigenvalue weighted by molar-refractivity contribution is 5.98. The van der Waals surface area contributed by atoms with Crippen LogP contribution in [0.15, 0.2) is 55.0 Å². The number of methoxy groups -OCH3 is 1. The van der Waals surface area contributed by atoms with Gasteiger partial charge in [0.25, 0.3) is 5.91 Å². The molecule has 8 nitrogen and oxygen atoms in total. The quantitative estimate of drug-likeness (QED) is 0.679. The lowest BCUT2D eigenvalue weighted by Gasteiger charge is -2.27. The molecular formula is C21H24N6O2. The molecule has 3 heterocycles. The van der Waals surface area contributed by atoms with Crippen LogP contribution in [0, 0.1) is 0 Å². The van der Waals surface area contributed by atoms with E-state index in [0.29, 0.717) is 24.3 Å². The summed E-state index contributed by atoms with van der Waals surface area (Å²) < 4.78 is 5.32. The molecule has 0 spiro atoms. The molecule has 4 rings (SSSR count).